The van der Waals surface area contributed by atoms with Crippen LogP contribution in [0.1, 0.15) is 49.3 Å². The smallest absolute Gasteiger partial charge is 0.222 e. The second-order valence-electron chi connectivity index (χ2n) is 6.83. The Morgan fingerprint density at radius 2 is 1.88 bits per heavy atom. The third-order valence-corrected chi connectivity index (χ3v) is 5.21. The fourth-order valence-electron chi connectivity index (χ4n) is 3.76. The van der Waals surface area contributed by atoms with Gasteiger partial charge >= 0.3 is 0 Å². The molecule has 1 N–H and O–H groups in total. The normalized spacial score (nSPS) is 21.5. The average molecular weight is 327 g/mol. The first kappa shape index (κ1) is 16.9. The van der Waals surface area contributed by atoms with Gasteiger partial charge in [-0.25, -0.2) is 0 Å². The van der Waals surface area contributed by atoms with E-state index in [1.807, 2.05) is 12.1 Å². The van der Waals surface area contributed by atoms with Crippen LogP contribution in [0.25, 0.3) is 0 Å². The van der Waals surface area contributed by atoms with Gasteiger partial charge in [0.2, 0.25) is 5.91 Å². The van der Waals surface area contributed by atoms with E-state index in [9.17, 15) is 9.90 Å². The Morgan fingerprint density at radius 3 is 2.50 bits per heavy atom. The lowest BCUT2D eigenvalue weighted by Gasteiger charge is -2.40. The van der Waals surface area contributed by atoms with E-state index in [2.05, 4.69) is 15.9 Å². The molecular formula is C19H25N3O2. The first-order valence-electron chi connectivity index (χ1n) is 8.87. The maximum Gasteiger partial charge on any atom is 0.222 e. The number of nitriles is 1. The molecule has 2 aliphatic rings. The van der Waals surface area contributed by atoms with Crippen LogP contribution in [0.3, 0.4) is 0 Å². The molecule has 1 aromatic rings. The summed E-state index contributed by atoms with van der Waals surface area (Å²) in [6.45, 7) is 3.35. The van der Waals surface area contributed by atoms with Gasteiger partial charge in [-0.2, -0.15) is 5.26 Å². The van der Waals surface area contributed by atoms with Crippen LogP contribution in [0.15, 0.2) is 24.3 Å². The van der Waals surface area contributed by atoms with Crippen molar-refractivity contribution in [2.45, 2.75) is 44.2 Å². The molecule has 128 valence electrons. The molecule has 2 heterocycles. The van der Waals surface area contributed by atoms with Gasteiger partial charge in [-0.05, 0) is 43.4 Å². The molecule has 1 aromatic carbocycles. The third kappa shape index (κ3) is 3.95. The Labute approximate surface area is 143 Å². The molecule has 0 aromatic heterocycles. The maximum absolute atomic E-state index is 12.0. The number of nitrogens with zero attached hydrogens (tertiary/aromatic N) is 3. The number of rotatable bonds is 4. The number of β-amino-alcohol motifs (C(OH)–C–C–N with tert-alkyl or cyclic N) is 1. The minimum atomic E-state index is -0.536. The average Bonchev–Trinajstić information content (AvgIpc) is 2.63. The van der Waals surface area contributed by atoms with E-state index in [1.54, 1.807) is 12.1 Å². The van der Waals surface area contributed by atoms with Crippen molar-refractivity contribution in [1.29, 1.82) is 5.26 Å². The predicted octanol–water partition coefficient (Wildman–Crippen LogP) is 2.07. The highest BCUT2D eigenvalue weighted by Crippen LogP contribution is 2.23. The highest BCUT2D eigenvalue weighted by atomic mass is 16.3. The summed E-state index contributed by atoms with van der Waals surface area (Å²) in [5.41, 5.74) is 1.46. The SMILES string of the molecule is N#Cc1ccc(C(O)CN2CCC(N3CCCCC3=O)CC2)cc1. The van der Waals surface area contributed by atoms with Crippen LogP contribution in [0, 0.1) is 11.3 Å². The van der Waals surface area contributed by atoms with Gasteiger partial charge in [-0.3, -0.25) is 4.79 Å². The van der Waals surface area contributed by atoms with Crippen LogP contribution in [0.4, 0.5) is 0 Å². The zero-order valence-electron chi connectivity index (χ0n) is 14.0. The van der Waals surface area contributed by atoms with Gasteiger partial charge in [0.15, 0.2) is 0 Å². The lowest BCUT2D eigenvalue weighted by atomic mass is 9.98. The van der Waals surface area contributed by atoms with Crippen molar-refractivity contribution in [2.75, 3.05) is 26.2 Å². The molecule has 2 aliphatic heterocycles. The van der Waals surface area contributed by atoms with E-state index >= 15 is 0 Å². The number of amides is 1. The summed E-state index contributed by atoms with van der Waals surface area (Å²) in [7, 11) is 0. The van der Waals surface area contributed by atoms with Crippen molar-refractivity contribution in [3.8, 4) is 6.07 Å². The van der Waals surface area contributed by atoms with E-state index < -0.39 is 6.10 Å². The zero-order valence-corrected chi connectivity index (χ0v) is 14.0. The number of piperidine rings is 2. The van der Waals surface area contributed by atoms with E-state index in [1.165, 1.54) is 0 Å². The number of hydrogen-bond donors (Lipinski definition) is 1. The highest BCUT2D eigenvalue weighted by Gasteiger charge is 2.29. The van der Waals surface area contributed by atoms with Gasteiger partial charge in [0.1, 0.15) is 0 Å². The van der Waals surface area contributed by atoms with Crippen LogP contribution in [0.2, 0.25) is 0 Å². The Balaban J connectivity index is 1.49. The van der Waals surface area contributed by atoms with Crippen LogP contribution < -0.4 is 0 Å². The molecule has 0 saturated carbocycles. The maximum atomic E-state index is 12.0. The van der Waals surface area contributed by atoms with Crippen molar-refractivity contribution in [3.05, 3.63) is 35.4 Å². The molecule has 0 aliphatic carbocycles. The molecule has 5 nitrogen and oxygen atoms in total. The molecule has 2 fully saturated rings. The van der Waals surface area contributed by atoms with Crippen LogP contribution in [0.5, 0.6) is 0 Å². The van der Waals surface area contributed by atoms with Gasteiger partial charge in [0.05, 0.1) is 17.7 Å². The molecular weight excluding hydrogens is 302 g/mol. The highest BCUT2D eigenvalue weighted by molar-refractivity contribution is 5.77. The second kappa shape index (κ2) is 7.78. The van der Waals surface area contributed by atoms with E-state index in [0.717, 1.165) is 50.9 Å². The van der Waals surface area contributed by atoms with Crippen LogP contribution in [-0.2, 0) is 4.79 Å². The topological polar surface area (TPSA) is 67.6 Å². The Hall–Kier alpha value is -1.90. The number of hydrogen-bond acceptors (Lipinski definition) is 4. The number of aliphatic hydroxyl groups is 1. The molecule has 1 amide bonds. The van der Waals surface area contributed by atoms with E-state index in [0.29, 0.717) is 30.5 Å². The van der Waals surface area contributed by atoms with Crippen LogP contribution in [-0.4, -0.2) is 53.0 Å². The number of benzene rings is 1. The fourth-order valence-corrected chi connectivity index (χ4v) is 3.76. The molecule has 2 saturated heterocycles. The van der Waals surface area contributed by atoms with E-state index in [4.69, 9.17) is 5.26 Å². The summed E-state index contributed by atoms with van der Waals surface area (Å²) in [5, 5.41) is 19.2. The number of carbonyl (C=O) groups is 1. The lowest BCUT2D eigenvalue weighted by molar-refractivity contribution is -0.136. The monoisotopic (exact) mass is 327 g/mol. The van der Waals surface area contributed by atoms with Gasteiger partial charge in [0, 0.05) is 38.6 Å². The molecule has 24 heavy (non-hydrogen) atoms. The quantitative estimate of drug-likeness (QED) is 0.919. The van der Waals surface area contributed by atoms with Crippen molar-refractivity contribution in [2.24, 2.45) is 0 Å². The lowest BCUT2D eigenvalue weighted by Crippen LogP contribution is -2.49. The first-order chi connectivity index (χ1) is 11.7. The molecule has 5 heteroatoms. The molecule has 1 atom stereocenters. The second-order valence-corrected chi connectivity index (χ2v) is 6.83. The number of aliphatic hydroxyl groups excluding tert-OH is 1. The number of likely N-dealkylation sites (tertiary alicyclic amines) is 2. The van der Waals surface area contributed by atoms with Gasteiger partial charge in [-0.15, -0.1) is 0 Å². The summed E-state index contributed by atoms with van der Waals surface area (Å²) in [6, 6.07) is 9.60. The van der Waals surface area contributed by atoms with Crippen molar-refractivity contribution < 1.29 is 9.90 Å². The Morgan fingerprint density at radius 1 is 1.17 bits per heavy atom. The molecule has 1 unspecified atom stereocenters. The summed E-state index contributed by atoms with van der Waals surface area (Å²) < 4.78 is 0. The molecule has 3 rings (SSSR count). The zero-order chi connectivity index (χ0) is 16.9. The van der Waals surface area contributed by atoms with Crippen molar-refractivity contribution in [3.63, 3.8) is 0 Å². The minimum Gasteiger partial charge on any atom is -0.387 e. The minimum absolute atomic E-state index is 0.317. The molecule has 0 spiro atoms. The fraction of sp³-hybridized carbons (Fsp3) is 0.579. The standard InChI is InChI=1S/C19H25N3O2/c20-13-15-4-6-16(7-5-15)18(23)14-21-11-8-17(9-12-21)22-10-2-1-3-19(22)24/h4-7,17-18,23H,1-3,8-12,14H2. The Kier molecular flexibility index (Phi) is 5.49. The van der Waals surface area contributed by atoms with E-state index in [-0.39, 0.29) is 0 Å². The van der Waals surface area contributed by atoms with Gasteiger partial charge in [-0.1, -0.05) is 12.1 Å². The van der Waals surface area contributed by atoms with Crippen molar-refractivity contribution >= 4 is 5.91 Å². The summed E-state index contributed by atoms with van der Waals surface area (Å²) in [5.74, 6) is 0.317. The van der Waals surface area contributed by atoms with Gasteiger partial charge < -0.3 is 14.9 Å². The van der Waals surface area contributed by atoms with Gasteiger partial charge in [0.25, 0.3) is 0 Å². The summed E-state index contributed by atoms with van der Waals surface area (Å²) in [4.78, 5) is 16.4. The first-order valence-corrected chi connectivity index (χ1v) is 8.87. The Bertz CT molecular complexity index is 600. The predicted molar refractivity (Wildman–Crippen MR) is 91.1 cm³/mol. The number of carbonyl (C=O) groups excluding carboxylic acids is 1. The van der Waals surface area contributed by atoms with Crippen LogP contribution >= 0.6 is 0 Å². The molecule has 0 radical (unpaired) electrons. The molecule has 0 bridgehead atoms. The summed E-state index contributed by atoms with van der Waals surface area (Å²) >= 11 is 0. The largest absolute Gasteiger partial charge is 0.387 e. The summed E-state index contributed by atoms with van der Waals surface area (Å²) in [6.07, 6.45) is 4.31. The van der Waals surface area contributed by atoms with Crippen molar-refractivity contribution in [1.82, 2.24) is 9.80 Å². The third-order valence-electron chi connectivity index (χ3n) is 5.21.